The van der Waals surface area contributed by atoms with E-state index in [1.807, 2.05) is 5.43 Å². The number of hydrazine groups is 1. The van der Waals surface area contributed by atoms with Crippen molar-refractivity contribution in [3.8, 4) is 0 Å². The summed E-state index contributed by atoms with van der Waals surface area (Å²) >= 11 is 0. The standard InChI is InChI=1S/C10H12N2O4.ClH/c11-12-10(15)8-3-1-2-7(4-8)5-16-6-9(13)14;/h1-4H,5-6,11H2,(H,12,15)(H,13,14);1H. The van der Waals surface area contributed by atoms with E-state index in [4.69, 9.17) is 15.7 Å². The van der Waals surface area contributed by atoms with Gasteiger partial charge >= 0.3 is 5.97 Å². The molecule has 0 aliphatic heterocycles. The second kappa shape index (κ2) is 7.61. The lowest BCUT2D eigenvalue weighted by Gasteiger charge is -2.04. The van der Waals surface area contributed by atoms with Crippen LogP contribution in [0, 0.1) is 0 Å². The van der Waals surface area contributed by atoms with Crippen molar-refractivity contribution in [2.75, 3.05) is 6.61 Å². The zero-order valence-electron chi connectivity index (χ0n) is 8.88. The third-order valence-corrected chi connectivity index (χ3v) is 1.81. The summed E-state index contributed by atoms with van der Waals surface area (Å²) in [6, 6.07) is 6.59. The molecule has 0 heterocycles. The first-order chi connectivity index (χ1) is 7.63. The van der Waals surface area contributed by atoms with Gasteiger partial charge in [0, 0.05) is 5.56 Å². The second-order valence-corrected chi connectivity index (χ2v) is 3.06. The molecule has 0 aromatic heterocycles. The van der Waals surface area contributed by atoms with E-state index >= 15 is 0 Å². The molecule has 0 spiro atoms. The number of carbonyl (C=O) groups is 2. The average Bonchev–Trinajstić information content (AvgIpc) is 2.28. The van der Waals surface area contributed by atoms with E-state index in [2.05, 4.69) is 0 Å². The topological polar surface area (TPSA) is 102 Å². The molecular weight excluding hydrogens is 248 g/mol. The Hall–Kier alpha value is -1.63. The lowest BCUT2D eigenvalue weighted by atomic mass is 10.1. The fraction of sp³-hybridized carbons (Fsp3) is 0.200. The van der Waals surface area contributed by atoms with Gasteiger partial charge in [-0.15, -0.1) is 12.4 Å². The summed E-state index contributed by atoms with van der Waals surface area (Å²) in [5.41, 5.74) is 3.12. The van der Waals surface area contributed by atoms with Gasteiger partial charge in [0.1, 0.15) is 6.61 Å². The van der Waals surface area contributed by atoms with Crippen LogP contribution in [-0.4, -0.2) is 23.6 Å². The summed E-state index contributed by atoms with van der Waals surface area (Å²) < 4.78 is 4.89. The molecule has 0 unspecified atom stereocenters. The largest absolute Gasteiger partial charge is 0.480 e. The zero-order valence-corrected chi connectivity index (χ0v) is 9.70. The van der Waals surface area contributed by atoms with Gasteiger partial charge in [-0.3, -0.25) is 10.2 Å². The Morgan fingerprint density at radius 1 is 1.41 bits per heavy atom. The van der Waals surface area contributed by atoms with E-state index in [1.54, 1.807) is 24.3 Å². The van der Waals surface area contributed by atoms with Gasteiger partial charge in [-0.2, -0.15) is 0 Å². The molecular formula is C10H13ClN2O4. The van der Waals surface area contributed by atoms with E-state index in [9.17, 15) is 9.59 Å². The Bertz CT molecular complexity index is 398. The van der Waals surface area contributed by atoms with Crippen molar-refractivity contribution in [1.82, 2.24) is 5.43 Å². The van der Waals surface area contributed by atoms with Crippen molar-refractivity contribution in [1.29, 1.82) is 0 Å². The Kier molecular flexibility index (Phi) is 6.88. The molecule has 0 fully saturated rings. The number of nitrogens with two attached hydrogens (primary N) is 1. The monoisotopic (exact) mass is 260 g/mol. The molecule has 1 amide bonds. The number of halogens is 1. The van der Waals surface area contributed by atoms with Crippen LogP contribution in [0.1, 0.15) is 15.9 Å². The van der Waals surface area contributed by atoms with E-state index in [0.29, 0.717) is 11.1 Å². The molecule has 6 nitrogen and oxygen atoms in total. The highest BCUT2D eigenvalue weighted by atomic mass is 35.5. The third-order valence-electron chi connectivity index (χ3n) is 1.81. The molecule has 7 heteroatoms. The number of nitrogen functional groups attached to an aromatic ring is 1. The van der Waals surface area contributed by atoms with Crippen molar-refractivity contribution >= 4 is 24.3 Å². The molecule has 4 N–H and O–H groups in total. The summed E-state index contributed by atoms with van der Waals surface area (Å²) in [5.74, 6) is 3.55. The van der Waals surface area contributed by atoms with Crippen LogP contribution in [0.25, 0.3) is 0 Å². The molecule has 1 rings (SSSR count). The Morgan fingerprint density at radius 2 is 2.12 bits per heavy atom. The van der Waals surface area contributed by atoms with E-state index in [-0.39, 0.29) is 25.6 Å². The summed E-state index contributed by atoms with van der Waals surface area (Å²) in [7, 11) is 0. The summed E-state index contributed by atoms with van der Waals surface area (Å²) in [4.78, 5) is 21.4. The molecule has 0 bridgehead atoms. The van der Waals surface area contributed by atoms with Crippen molar-refractivity contribution in [2.45, 2.75) is 6.61 Å². The summed E-state index contributed by atoms with van der Waals surface area (Å²) in [6.07, 6.45) is 0. The Labute approximate surface area is 104 Å². The lowest BCUT2D eigenvalue weighted by Crippen LogP contribution is -2.30. The van der Waals surface area contributed by atoms with E-state index in [1.165, 1.54) is 0 Å². The number of benzene rings is 1. The van der Waals surface area contributed by atoms with Gasteiger partial charge in [-0.05, 0) is 17.7 Å². The fourth-order valence-electron chi connectivity index (χ4n) is 1.14. The lowest BCUT2D eigenvalue weighted by molar-refractivity contribution is -0.142. The first-order valence-electron chi connectivity index (χ1n) is 4.53. The maximum absolute atomic E-state index is 11.2. The van der Waals surface area contributed by atoms with Gasteiger partial charge in [0.15, 0.2) is 0 Å². The average molecular weight is 261 g/mol. The van der Waals surface area contributed by atoms with Gasteiger partial charge in [-0.25, -0.2) is 10.6 Å². The van der Waals surface area contributed by atoms with Crippen molar-refractivity contribution < 1.29 is 19.4 Å². The third kappa shape index (κ3) is 5.30. The number of aliphatic carboxylic acids is 1. The van der Waals surface area contributed by atoms with Crippen LogP contribution < -0.4 is 11.3 Å². The van der Waals surface area contributed by atoms with Gasteiger partial charge in [0.25, 0.3) is 5.91 Å². The predicted molar refractivity (Wildman–Crippen MR) is 62.6 cm³/mol. The minimum Gasteiger partial charge on any atom is -0.480 e. The van der Waals surface area contributed by atoms with Crippen LogP contribution in [0.15, 0.2) is 24.3 Å². The summed E-state index contributed by atoms with van der Waals surface area (Å²) in [6.45, 7) is -0.231. The number of amides is 1. The van der Waals surface area contributed by atoms with Crippen molar-refractivity contribution in [2.24, 2.45) is 5.84 Å². The highest BCUT2D eigenvalue weighted by Crippen LogP contribution is 2.06. The van der Waals surface area contributed by atoms with Crippen LogP contribution in [0.5, 0.6) is 0 Å². The van der Waals surface area contributed by atoms with Crippen LogP contribution in [0.2, 0.25) is 0 Å². The smallest absolute Gasteiger partial charge is 0.329 e. The van der Waals surface area contributed by atoms with Gasteiger partial charge < -0.3 is 9.84 Å². The van der Waals surface area contributed by atoms with Crippen LogP contribution in [0.4, 0.5) is 0 Å². The highest BCUT2D eigenvalue weighted by Gasteiger charge is 2.04. The van der Waals surface area contributed by atoms with Gasteiger partial charge in [0.2, 0.25) is 0 Å². The molecule has 0 saturated carbocycles. The first-order valence-corrected chi connectivity index (χ1v) is 4.53. The van der Waals surface area contributed by atoms with E-state index in [0.717, 1.165) is 0 Å². The number of carboxylic acids is 1. The molecule has 0 aliphatic carbocycles. The van der Waals surface area contributed by atoms with Crippen LogP contribution in [-0.2, 0) is 16.1 Å². The van der Waals surface area contributed by atoms with Gasteiger partial charge in [0.05, 0.1) is 6.61 Å². The number of carbonyl (C=O) groups excluding carboxylic acids is 1. The maximum atomic E-state index is 11.2. The number of carboxylic acid groups (broad SMARTS) is 1. The molecule has 0 atom stereocenters. The SMILES string of the molecule is Cl.NNC(=O)c1cccc(COCC(=O)O)c1. The maximum Gasteiger partial charge on any atom is 0.329 e. The molecule has 17 heavy (non-hydrogen) atoms. The van der Waals surface area contributed by atoms with Crippen LogP contribution in [0.3, 0.4) is 0 Å². The highest BCUT2D eigenvalue weighted by molar-refractivity contribution is 5.93. The normalized spacial score (nSPS) is 9.24. The number of ether oxygens (including phenoxy) is 1. The number of rotatable bonds is 5. The molecule has 94 valence electrons. The molecule has 1 aromatic rings. The van der Waals surface area contributed by atoms with E-state index < -0.39 is 11.9 Å². The molecule has 0 aliphatic rings. The van der Waals surface area contributed by atoms with Gasteiger partial charge in [-0.1, -0.05) is 12.1 Å². The Balaban J connectivity index is 0.00000256. The number of nitrogens with one attached hydrogen (secondary N) is 1. The zero-order chi connectivity index (χ0) is 12.0. The van der Waals surface area contributed by atoms with Crippen LogP contribution >= 0.6 is 12.4 Å². The van der Waals surface area contributed by atoms with Crippen molar-refractivity contribution in [3.05, 3.63) is 35.4 Å². The number of hydrogen-bond acceptors (Lipinski definition) is 4. The summed E-state index contributed by atoms with van der Waals surface area (Å²) in [5, 5.41) is 8.37. The van der Waals surface area contributed by atoms with Crippen molar-refractivity contribution in [3.63, 3.8) is 0 Å². The molecule has 0 saturated heterocycles. The number of hydrogen-bond donors (Lipinski definition) is 3. The molecule has 0 radical (unpaired) electrons. The fourth-order valence-corrected chi connectivity index (χ4v) is 1.14. The second-order valence-electron chi connectivity index (χ2n) is 3.06. The minimum atomic E-state index is -1.03. The minimum absolute atomic E-state index is 0. The quantitative estimate of drug-likeness (QED) is 0.402. The molecule has 1 aromatic carbocycles. The Morgan fingerprint density at radius 3 is 2.71 bits per heavy atom. The first kappa shape index (κ1) is 15.4. The predicted octanol–water partition coefficient (Wildman–Crippen LogP) is 0.313.